The van der Waals surface area contributed by atoms with Crippen molar-refractivity contribution < 1.29 is 0 Å². The van der Waals surface area contributed by atoms with Gasteiger partial charge in [-0.3, -0.25) is 4.40 Å². The molecular formula is C14H12BrN3S. The summed E-state index contributed by atoms with van der Waals surface area (Å²) < 4.78 is 2.96. The maximum absolute atomic E-state index is 4.74. The molecule has 0 unspecified atom stereocenters. The predicted molar refractivity (Wildman–Crippen MR) is 82.6 cm³/mol. The first kappa shape index (κ1) is 12.7. The van der Waals surface area contributed by atoms with Gasteiger partial charge < -0.3 is 0 Å². The minimum atomic E-state index is 0.913. The summed E-state index contributed by atoms with van der Waals surface area (Å²) in [4.78, 5) is 9.31. The Kier molecular flexibility index (Phi) is 3.33. The van der Waals surface area contributed by atoms with Gasteiger partial charge in [0, 0.05) is 11.8 Å². The zero-order chi connectivity index (χ0) is 13.4. The molecule has 0 N–H and O–H groups in total. The fraction of sp³-hybridized carbons (Fsp3) is 0.143. The summed E-state index contributed by atoms with van der Waals surface area (Å²) >= 11 is 5.26. The lowest BCUT2D eigenvalue weighted by molar-refractivity contribution is 0.904. The van der Waals surface area contributed by atoms with E-state index >= 15 is 0 Å². The van der Waals surface area contributed by atoms with Gasteiger partial charge in [-0.15, -0.1) is 0 Å². The van der Waals surface area contributed by atoms with Crippen LogP contribution in [0.1, 0.15) is 5.69 Å². The Balaban J connectivity index is 2.34. The summed E-state index contributed by atoms with van der Waals surface area (Å²) in [5.41, 5.74) is 3.93. The quantitative estimate of drug-likeness (QED) is 0.520. The number of rotatable bonds is 2. The maximum atomic E-state index is 4.74. The van der Waals surface area contributed by atoms with Crippen LogP contribution >= 0.6 is 27.7 Å². The number of benzene rings is 1. The van der Waals surface area contributed by atoms with Crippen molar-refractivity contribution in [3.8, 4) is 11.3 Å². The van der Waals surface area contributed by atoms with Crippen LogP contribution < -0.4 is 0 Å². The Morgan fingerprint density at radius 3 is 2.58 bits per heavy atom. The molecule has 0 radical (unpaired) electrons. The molecule has 3 aromatic rings. The average molecular weight is 334 g/mol. The molecule has 1 aromatic carbocycles. The van der Waals surface area contributed by atoms with Crippen LogP contribution in [0.2, 0.25) is 0 Å². The van der Waals surface area contributed by atoms with Crippen molar-refractivity contribution in [2.75, 3.05) is 6.26 Å². The van der Waals surface area contributed by atoms with Gasteiger partial charge >= 0.3 is 0 Å². The van der Waals surface area contributed by atoms with E-state index in [0.717, 1.165) is 32.2 Å². The summed E-state index contributed by atoms with van der Waals surface area (Å²) in [7, 11) is 0. The Bertz CT molecular complexity index is 737. The number of nitrogens with zero attached hydrogens (tertiary/aromatic N) is 3. The molecule has 0 fully saturated rings. The van der Waals surface area contributed by atoms with Gasteiger partial charge in [0.1, 0.15) is 0 Å². The Morgan fingerprint density at radius 1 is 1.16 bits per heavy atom. The third kappa shape index (κ3) is 2.17. The first-order chi connectivity index (χ1) is 9.20. The molecule has 0 saturated carbocycles. The summed E-state index contributed by atoms with van der Waals surface area (Å²) in [5.74, 6) is 0. The van der Waals surface area contributed by atoms with E-state index in [-0.39, 0.29) is 0 Å². The maximum Gasteiger partial charge on any atom is 0.174 e. The number of thioether (sulfide) groups is 1. The summed E-state index contributed by atoms with van der Waals surface area (Å²) in [6.45, 7) is 1.99. The minimum Gasteiger partial charge on any atom is -0.278 e. The van der Waals surface area contributed by atoms with Gasteiger partial charge in [-0.05, 0) is 29.1 Å². The van der Waals surface area contributed by atoms with E-state index in [1.165, 1.54) is 0 Å². The smallest absolute Gasteiger partial charge is 0.174 e. The van der Waals surface area contributed by atoms with Gasteiger partial charge in [-0.25, -0.2) is 9.97 Å². The summed E-state index contributed by atoms with van der Waals surface area (Å²) in [5, 5.41) is 0.942. The second-order valence-electron chi connectivity index (χ2n) is 4.20. The van der Waals surface area contributed by atoms with Crippen molar-refractivity contribution in [1.29, 1.82) is 0 Å². The molecule has 2 aromatic heterocycles. The molecule has 5 heteroatoms. The Labute approximate surface area is 124 Å². The van der Waals surface area contributed by atoms with Gasteiger partial charge in [0.25, 0.3) is 0 Å². The van der Waals surface area contributed by atoms with Gasteiger partial charge in [0.05, 0.1) is 15.9 Å². The molecule has 96 valence electrons. The highest BCUT2D eigenvalue weighted by Gasteiger charge is 2.14. The van der Waals surface area contributed by atoms with Crippen LogP contribution in [0.15, 0.2) is 46.2 Å². The van der Waals surface area contributed by atoms with Crippen LogP contribution in [-0.4, -0.2) is 20.6 Å². The average Bonchev–Trinajstić information content (AvgIpc) is 2.83. The van der Waals surface area contributed by atoms with Crippen molar-refractivity contribution in [2.45, 2.75) is 12.1 Å². The van der Waals surface area contributed by atoms with Crippen LogP contribution in [0.4, 0.5) is 0 Å². The van der Waals surface area contributed by atoms with Gasteiger partial charge in [0.15, 0.2) is 10.8 Å². The molecule has 3 nitrogen and oxygen atoms in total. The van der Waals surface area contributed by atoms with Gasteiger partial charge in [0.2, 0.25) is 0 Å². The summed E-state index contributed by atoms with van der Waals surface area (Å²) in [6, 6.07) is 10.2. The molecule has 0 aliphatic heterocycles. The van der Waals surface area contributed by atoms with E-state index in [1.54, 1.807) is 11.8 Å². The largest absolute Gasteiger partial charge is 0.278 e. The number of aromatic nitrogens is 3. The zero-order valence-electron chi connectivity index (χ0n) is 10.6. The number of hydrogen-bond acceptors (Lipinski definition) is 3. The molecule has 0 spiro atoms. The molecule has 2 heterocycles. The molecular weight excluding hydrogens is 322 g/mol. The minimum absolute atomic E-state index is 0.913. The standard InChI is InChI=1S/C14H12BrN3S/c1-9-8-18-13(16-9)11(15)12(17-14(18)19-2)10-6-4-3-5-7-10/h3-8H,1-2H3. The molecule has 19 heavy (non-hydrogen) atoms. The molecule has 0 aliphatic rings. The Morgan fingerprint density at radius 2 is 1.89 bits per heavy atom. The zero-order valence-corrected chi connectivity index (χ0v) is 13.0. The van der Waals surface area contributed by atoms with Gasteiger partial charge in [-0.1, -0.05) is 42.1 Å². The molecule has 0 saturated heterocycles. The molecule has 0 amide bonds. The van der Waals surface area contributed by atoms with E-state index in [1.807, 2.05) is 42.0 Å². The van der Waals surface area contributed by atoms with Crippen LogP contribution in [0, 0.1) is 6.92 Å². The fourth-order valence-electron chi connectivity index (χ4n) is 2.03. The van der Waals surface area contributed by atoms with Crippen molar-refractivity contribution in [1.82, 2.24) is 14.4 Å². The third-order valence-corrected chi connectivity index (χ3v) is 4.26. The van der Waals surface area contributed by atoms with E-state index < -0.39 is 0 Å². The predicted octanol–water partition coefficient (Wildman–Crippen LogP) is 4.19. The van der Waals surface area contributed by atoms with Crippen LogP contribution in [0.5, 0.6) is 0 Å². The van der Waals surface area contributed by atoms with Crippen molar-refractivity contribution >= 4 is 33.3 Å². The number of fused-ring (bicyclic) bond motifs is 1. The first-order valence-electron chi connectivity index (χ1n) is 5.85. The van der Waals surface area contributed by atoms with Crippen LogP contribution in [0.3, 0.4) is 0 Å². The van der Waals surface area contributed by atoms with Crippen molar-refractivity contribution in [2.24, 2.45) is 0 Å². The lowest BCUT2D eigenvalue weighted by Gasteiger charge is -2.09. The van der Waals surface area contributed by atoms with E-state index in [9.17, 15) is 0 Å². The number of imidazole rings is 1. The number of aryl methyl sites for hydroxylation is 1. The topological polar surface area (TPSA) is 30.2 Å². The second-order valence-corrected chi connectivity index (χ2v) is 5.77. The van der Waals surface area contributed by atoms with Crippen LogP contribution in [-0.2, 0) is 0 Å². The van der Waals surface area contributed by atoms with E-state index in [0.29, 0.717) is 0 Å². The lowest BCUT2D eigenvalue weighted by Crippen LogP contribution is -1.97. The molecule has 3 rings (SSSR count). The normalized spacial score (nSPS) is 11.1. The highest BCUT2D eigenvalue weighted by atomic mass is 79.9. The lowest BCUT2D eigenvalue weighted by atomic mass is 10.1. The first-order valence-corrected chi connectivity index (χ1v) is 7.87. The number of hydrogen-bond donors (Lipinski definition) is 0. The second kappa shape index (κ2) is 4.98. The van der Waals surface area contributed by atoms with Crippen LogP contribution in [0.25, 0.3) is 16.9 Å². The molecule has 0 aliphatic carbocycles. The van der Waals surface area contributed by atoms with Crippen molar-refractivity contribution in [3.05, 3.63) is 46.7 Å². The summed E-state index contributed by atoms with van der Waals surface area (Å²) in [6.07, 6.45) is 4.04. The Hall–Kier alpha value is -1.33. The van der Waals surface area contributed by atoms with E-state index in [2.05, 4.69) is 33.0 Å². The third-order valence-electron chi connectivity index (χ3n) is 2.87. The highest BCUT2D eigenvalue weighted by molar-refractivity contribution is 9.10. The SMILES string of the molecule is CSc1nc(-c2ccccc2)c(Br)c2nc(C)cn12. The molecule has 0 bridgehead atoms. The van der Waals surface area contributed by atoms with Crippen molar-refractivity contribution in [3.63, 3.8) is 0 Å². The highest BCUT2D eigenvalue weighted by Crippen LogP contribution is 2.32. The van der Waals surface area contributed by atoms with Gasteiger partial charge in [-0.2, -0.15) is 0 Å². The monoisotopic (exact) mass is 333 g/mol. The number of halogens is 1. The molecule has 0 atom stereocenters. The fourth-order valence-corrected chi connectivity index (χ4v) is 3.15. The van der Waals surface area contributed by atoms with E-state index in [4.69, 9.17) is 4.98 Å².